The summed E-state index contributed by atoms with van der Waals surface area (Å²) in [5, 5.41) is 12.0. The van der Waals surface area contributed by atoms with E-state index in [-0.39, 0.29) is 6.04 Å². The van der Waals surface area contributed by atoms with Gasteiger partial charge in [-0.05, 0) is 37.4 Å². The average molecular weight is 243 g/mol. The van der Waals surface area contributed by atoms with Crippen molar-refractivity contribution in [3.05, 3.63) is 29.8 Å². The molecule has 1 N–H and O–H groups in total. The number of para-hydroxylation sites is 1. The van der Waals surface area contributed by atoms with Crippen molar-refractivity contribution in [1.82, 2.24) is 5.32 Å². The molecule has 0 saturated carbocycles. The summed E-state index contributed by atoms with van der Waals surface area (Å²) in [6.45, 7) is 4.34. The van der Waals surface area contributed by atoms with Crippen molar-refractivity contribution < 1.29 is 0 Å². The molecule has 0 radical (unpaired) electrons. The first-order valence-corrected chi connectivity index (χ1v) is 6.64. The summed E-state index contributed by atoms with van der Waals surface area (Å²) in [7, 11) is 1.85. The summed E-state index contributed by atoms with van der Waals surface area (Å²) >= 11 is 0. The molecule has 0 saturated heterocycles. The second-order valence-corrected chi connectivity index (χ2v) is 5.14. The first-order valence-electron chi connectivity index (χ1n) is 6.64. The van der Waals surface area contributed by atoms with E-state index < -0.39 is 0 Å². The van der Waals surface area contributed by atoms with Crippen LogP contribution in [0.25, 0.3) is 0 Å². The molecular formula is C15H21N3. The van der Waals surface area contributed by atoms with Gasteiger partial charge in [-0.3, -0.25) is 0 Å². The van der Waals surface area contributed by atoms with E-state index >= 15 is 0 Å². The molecule has 1 aromatic rings. The Kier molecular flexibility index (Phi) is 4.22. The normalized spacial score (nSPS) is 20.1. The molecular weight excluding hydrogens is 222 g/mol. The Labute approximate surface area is 109 Å². The maximum atomic E-state index is 8.97. The third-order valence-electron chi connectivity index (χ3n) is 3.62. The third-order valence-corrected chi connectivity index (χ3v) is 3.62. The topological polar surface area (TPSA) is 39.1 Å². The maximum absolute atomic E-state index is 8.97. The van der Waals surface area contributed by atoms with Gasteiger partial charge in [0.25, 0.3) is 0 Å². The van der Waals surface area contributed by atoms with E-state index in [1.165, 1.54) is 17.7 Å². The van der Waals surface area contributed by atoms with Crippen LogP contribution in [-0.4, -0.2) is 26.2 Å². The van der Waals surface area contributed by atoms with Crippen LogP contribution in [0, 0.1) is 17.2 Å². The zero-order valence-electron chi connectivity index (χ0n) is 11.2. The molecule has 1 heterocycles. The zero-order valence-corrected chi connectivity index (χ0v) is 11.2. The largest absolute Gasteiger partial charge is 0.371 e. The highest BCUT2D eigenvalue weighted by atomic mass is 15.1. The van der Waals surface area contributed by atoms with Crippen LogP contribution >= 0.6 is 0 Å². The van der Waals surface area contributed by atoms with E-state index in [4.69, 9.17) is 5.26 Å². The van der Waals surface area contributed by atoms with E-state index in [0.29, 0.717) is 5.92 Å². The van der Waals surface area contributed by atoms with Crippen LogP contribution in [0.5, 0.6) is 0 Å². The van der Waals surface area contributed by atoms with Crippen molar-refractivity contribution in [3.8, 4) is 6.07 Å². The van der Waals surface area contributed by atoms with Gasteiger partial charge in [-0.1, -0.05) is 25.1 Å². The minimum absolute atomic E-state index is 0.0469. The van der Waals surface area contributed by atoms with E-state index in [2.05, 4.69) is 47.5 Å². The maximum Gasteiger partial charge on any atom is 0.0967 e. The van der Waals surface area contributed by atoms with Gasteiger partial charge in [-0.15, -0.1) is 0 Å². The molecule has 1 aliphatic heterocycles. The van der Waals surface area contributed by atoms with Crippen LogP contribution in [0.1, 0.15) is 18.9 Å². The minimum atomic E-state index is -0.0469. The number of hydrogen-bond acceptors (Lipinski definition) is 3. The molecule has 2 unspecified atom stereocenters. The number of benzene rings is 1. The van der Waals surface area contributed by atoms with E-state index in [0.717, 1.165) is 19.5 Å². The highest BCUT2D eigenvalue weighted by Gasteiger charge is 2.21. The molecule has 0 aromatic heterocycles. The second kappa shape index (κ2) is 5.88. The third kappa shape index (κ3) is 2.83. The SMILES string of the molecule is CNC(C#N)CCN1CC(C)Cc2ccccc21. The monoisotopic (exact) mass is 243 g/mol. The number of anilines is 1. The van der Waals surface area contributed by atoms with Crippen LogP contribution < -0.4 is 10.2 Å². The van der Waals surface area contributed by atoms with Crippen LogP contribution in [0.3, 0.4) is 0 Å². The Balaban J connectivity index is 2.07. The molecule has 0 bridgehead atoms. The molecule has 1 aliphatic rings. The van der Waals surface area contributed by atoms with Gasteiger partial charge in [-0.25, -0.2) is 0 Å². The number of rotatable bonds is 4. The molecule has 3 heteroatoms. The number of nitrogens with zero attached hydrogens (tertiary/aromatic N) is 2. The van der Waals surface area contributed by atoms with Gasteiger partial charge >= 0.3 is 0 Å². The Morgan fingerprint density at radius 1 is 1.50 bits per heavy atom. The van der Waals surface area contributed by atoms with Crippen molar-refractivity contribution in [2.45, 2.75) is 25.8 Å². The van der Waals surface area contributed by atoms with Crippen LogP contribution in [0.15, 0.2) is 24.3 Å². The zero-order chi connectivity index (χ0) is 13.0. The van der Waals surface area contributed by atoms with E-state index in [1.807, 2.05) is 7.05 Å². The van der Waals surface area contributed by atoms with Gasteiger partial charge in [0.05, 0.1) is 12.1 Å². The van der Waals surface area contributed by atoms with Crippen molar-refractivity contribution >= 4 is 5.69 Å². The van der Waals surface area contributed by atoms with Gasteiger partial charge in [0.1, 0.15) is 0 Å². The Hall–Kier alpha value is -1.53. The molecule has 0 spiro atoms. The predicted molar refractivity (Wildman–Crippen MR) is 74.6 cm³/mol. The molecule has 0 aliphatic carbocycles. The number of nitrogens with one attached hydrogen (secondary N) is 1. The Morgan fingerprint density at radius 3 is 3.00 bits per heavy atom. The van der Waals surface area contributed by atoms with Gasteiger partial charge < -0.3 is 10.2 Å². The fraction of sp³-hybridized carbons (Fsp3) is 0.533. The molecule has 1 aromatic carbocycles. The van der Waals surface area contributed by atoms with Crippen molar-refractivity contribution in [3.63, 3.8) is 0 Å². The summed E-state index contributed by atoms with van der Waals surface area (Å²) < 4.78 is 0. The van der Waals surface area contributed by atoms with Crippen LogP contribution in [0.2, 0.25) is 0 Å². The summed E-state index contributed by atoms with van der Waals surface area (Å²) in [4.78, 5) is 2.42. The molecule has 0 amide bonds. The van der Waals surface area contributed by atoms with E-state index in [9.17, 15) is 0 Å². The lowest BCUT2D eigenvalue weighted by Crippen LogP contribution is -2.37. The molecule has 2 rings (SSSR count). The van der Waals surface area contributed by atoms with Gasteiger partial charge in [0, 0.05) is 18.8 Å². The Morgan fingerprint density at radius 2 is 2.28 bits per heavy atom. The predicted octanol–water partition coefficient (Wildman–Crippen LogP) is 2.19. The molecule has 3 nitrogen and oxygen atoms in total. The number of hydrogen-bond donors (Lipinski definition) is 1. The summed E-state index contributed by atoms with van der Waals surface area (Å²) in [6, 6.07) is 10.9. The molecule has 0 fully saturated rings. The molecule has 96 valence electrons. The quantitative estimate of drug-likeness (QED) is 0.881. The smallest absolute Gasteiger partial charge is 0.0967 e. The van der Waals surface area contributed by atoms with Gasteiger partial charge in [0.15, 0.2) is 0 Å². The Bertz CT molecular complexity index is 436. The van der Waals surface area contributed by atoms with Crippen molar-refractivity contribution in [2.24, 2.45) is 5.92 Å². The molecule has 2 atom stereocenters. The molecule has 18 heavy (non-hydrogen) atoms. The summed E-state index contributed by atoms with van der Waals surface area (Å²) in [6.07, 6.45) is 2.04. The highest BCUT2D eigenvalue weighted by Crippen LogP contribution is 2.29. The highest BCUT2D eigenvalue weighted by molar-refractivity contribution is 5.55. The summed E-state index contributed by atoms with van der Waals surface area (Å²) in [5.74, 6) is 0.690. The lowest BCUT2D eigenvalue weighted by atomic mass is 9.93. The van der Waals surface area contributed by atoms with Crippen LogP contribution in [0.4, 0.5) is 5.69 Å². The first-order chi connectivity index (χ1) is 8.74. The fourth-order valence-electron chi connectivity index (χ4n) is 2.68. The second-order valence-electron chi connectivity index (χ2n) is 5.14. The minimum Gasteiger partial charge on any atom is -0.371 e. The van der Waals surface area contributed by atoms with Crippen molar-refractivity contribution in [2.75, 3.05) is 25.0 Å². The standard InChI is InChI=1S/C15H21N3/c1-12-9-13-5-3-4-6-15(13)18(11-12)8-7-14(10-16)17-2/h3-6,12,14,17H,7-9,11H2,1-2H3. The van der Waals surface area contributed by atoms with Gasteiger partial charge in [0.2, 0.25) is 0 Å². The number of nitriles is 1. The number of fused-ring (bicyclic) bond motifs is 1. The van der Waals surface area contributed by atoms with Gasteiger partial charge in [-0.2, -0.15) is 5.26 Å². The fourth-order valence-corrected chi connectivity index (χ4v) is 2.68. The van der Waals surface area contributed by atoms with Crippen LogP contribution in [-0.2, 0) is 6.42 Å². The average Bonchev–Trinajstić information content (AvgIpc) is 2.39. The summed E-state index contributed by atoms with van der Waals surface area (Å²) in [5.41, 5.74) is 2.79. The van der Waals surface area contributed by atoms with E-state index in [1.54, 1.807) is 0 Å². The lowest BCUT2D eigenvalue weighted by Gasteiger charge is -2.35. The lowest BCUT2D eigenvalue weighted by molar-refractivity contribution is 0.513. The first kappa shape index (κ1) is 12.9. The van der Waals surface area contributed by atoms with Crippen molar-refractivity contribution in [1.29, 1.82) is 5.26 Å².